The molecule has 0 amide bonds. The third-order valence-electron chi connectivity index (χ3n) is 3.94. The van der Waals surface area contributed by atoms with Crippen LogP contribution in [0.25, 0.3) is 0 Å². The van der Waals surface area contributed by atoms with Gasteiger partial charge in [0.2, 0.25) is 0 Å². The van der Waals surface area contributed by atoms with Gasteiger partial charge >= 0.3 is 0 Å². The Morgan fingerprint density at radius 1 is 1.07 bits per heavy atom. The lowest BCUT2D eigenvalue weighted by Crippen LogP contribution is -2.19. The third kappa shape index (κ3) is 2.36. The molecule has 0 heterocycles. The Bertz CT molecular complexity index is 188. The number of hydrogen-bond donors (Lipinski definition) is 0. The minimum Gasteiger partial charge on any atom is -0.154 e. The topological polar surface area (TPSA) is 0 Å². The van der Waals surface area contributed by atoms with Crippen molar-refractivity contribution in [3.63, 3.8) is 0 Å². The zero-order valence-corrected chi connectivity index (χ0v) is 9.90. The van der Waals surface area contributed by atoms with Crippen LogP contribution >= 0.6 is 11.8 Å². The molecule has 0 radical (unpaired) electrons. The van der Waals surface area contributed by atoms with Crippen LogP contribution in [0.2, 0.25) is 0 Å². The molecule has 2 fully saturated rings. The highest BCUT2D eigenvalue weighted by Gasteiger charge is 2.34. The van der Waals surface area contributed by atoms with Gasteiger partial charge in [-0.2, -0.15) is 11.8 Å². The quantitative estimate of drug-likeness (QED) is 0.627. The average Bonchev–Trinajstić information content (AvgIpc) is 2.58. The van der Waals surface area contributed by atoms with Gasteiger partial charge in [-0.15, -0.1) is 6.58 Å². The second-order valence-electron chi connectivity index (χ2n) is 4.80. The molecule has 2 aliphatic carbocycles. The van der Waals surface area contributed by atoms with Crippen LogP contribution in [0.3, 0.4) is 0 Å². The smallest absolute Gasteiger partial charge is 0.0113 e. The van der Waals surface area contributed by atoms with Crippen LogP contribution in [-0.4, -0.2) is 11.0 Å². The van der Waals surface area contributed by atoms with Crippen molar-refractivity contribution < 1.29 is 0 Å². The number of fused-ring (bicyclic) bond motifs is 1. The minimum atomic E-state index is 0.961. The van der Waals surface area contributed by atoms with Crippen LogP contribution in [-0.2, 0) is 0 Å². The molecule has 14 heavy (non-hydrogen) atoms. The highest BCUT2D eigenvalue weighted by molar-refractivity contribution is 8.00. The Labute approximate surface area is 92.5 Å². The Hall–Kier alpha value is 0.0900. The first-order valence-electron chi connectivity index (χ1n) is 6.14. The Morgan fingerprint density at radius 3 is 2.71 bits per heavy atom. The molecule has 1 heteroatoms. The summed E-state index contributed by atoms with van der Waals surface area (Å²) in [5.74, 6) is 3.30. The van der Waals surface area contributed by atoms with Crippen LogP contribution in [0.5, 0.6) is 0 Å². The highest BCUT2D eigenvalue weighted by atomic mass is 32.2. The van der Waals surface area contributed by atoms with Crippen LogP contribution < -0.4 is 0 Å². The molecule has 0 aromatic heterocycles. The van der Waals surface area contributed by atoms with Crippen LogP contribution in [0.1, 0.15) is 44.9 Å². The van der Waals surface area contributed by atoms with Crippen molar-refractivity contribution >= 4 is 11.8 Å². The van der Waals surface area contributed by atoms with Gasteiger partial charge in [0.1, 0.15) is 0 Å². The van der Waals surface area contributed by atoms with Crippen LogP contribution in [0.4, 0.5) is 0 Å². The molecule has 0 aliphatic heterocycles. The van der Waals surface area contributed by atoms with Crippen molar-refractivity contribution in [2.45, 2.75) is 50.2 Å². The van der Waals surface area contributed by atoms with Gasteiger partial charge in [0.25, 0.3) is 0 Å². The van der Waals surface area contributed by atoms with E-state index in [2.05, 4.69) is 24.4 Å². The first-order valence-corrected chi connectivity index (χ1v) is 7.19. The van der Waals surface area contributed by atoms with Gasteiger partial charge in [-0.25, -0.2) is 0 Å². The normalized spacial score (nSPS) is 37.6. The van der Waals surface area contributed by atoms with E-state index in [1.165, 1.54) is 44.9 Å². The molecule has 3 unspecified atom stereocenters. The summed E-state index contributed by atoms with van der Waals surface area (Å²) in [5.41, 5.74) is 0. The lowest BCUT2D eigenvalue weighted by Gasteiger charge is -2.24. The van der Waals surface area contributed by atoms with E-state index >= 15 is 0 Å². The van der Waals surface area contributed by atoms with Crippen molar-refractivity contribution in [2.24, 2.45) is 11.8 Å². The maximum atomic E-state index is 3.83. The van der Waals surface area contributed by atoms with Gasteiger partial charge in [0.15, 0.2) is 0 Å². The number of thioether (sulfide) groups is 1. The molecule has 0 aromatic carbocycles. The molecule has 2 saturated carbocycles. The zero-order valence-electron chi connectivity index (χ0n) is 9.08. The molecule has 0 spiro atoms. The fourth-order valence-electron chi connectivity index (χ4n) is 3.28. The molecule has 3 atom stereocenters. The summed E-state index contributed by atoms with van der Waals surface area (Å²) in [6, 6.07) is 0. The molecule has 0 aromatic rings. The van der Waals surface area contributed by atoms with Crippen molar-refractivity contribution in [2.75, 3.05) is 5.75 Å². The van der Waals surface area contributed by atoms with Crippen LogP contribution in [0.15, 0.2) is 12.7 Å². The van der Waals surface area contributed by atoms with Gasteiger partial charge in [0, 0.05) is 11.0 Å². The highest BCUT2D eigenvalue weighted by Crippen LogP contribution is 2.45. The average molecular weight is 210 g/mol. The van der Waals surface area contributed by atoms with E-state index in [1.54, 1.807) is 0 Å². The molecule has 0 nitrogen and oxygen atoms in total. The van der Waals surface area contributed by atoms with E-state index in [0.29, 0.717) is 0 Å². The zero-order chi connectivity index (χ0) is 9.80. The van der Waals surface area contributed by atoms with E-state index in [4.69, 9.17) is 0 Å². The predicted molar refractivity (Wildman–Crippen MR) is 65.7 cm³/mol. The fourth-order valence-corrected chi connectivity index (χ4v) is 4.60. The van der Waals surface area contributed by atoms with Gasteiger partial charge < -0.3 is 0 Å². The fraction of sp³-hybridized carbons (Fsp3) is 0.846. The molecular weight excluding hydrogens is 188 g/mol. The van der Waals surface area contributed by atoms with E-state index in [0.717, 1.165) is 22.8 Å². The summed E-state index contributed by atoms with van der Waals surface area (Å²) < 4.78 is 0. The lowest BCUT2D eigenvalue weighted by atomic mass is 9.91. The summed E-state index contributed by atoms with van der Waals surface area (Å²) in [6.07, 6.45) is 12.6. The van der Waals surface area contributed by atoms with Crippen molar-refractivity contribution in [1.29, 1.82) is 0 Å². The van der Waals surface area contributed by atoms with Gasteiger partial charge in [-0.3, -0.25) is 0 Å². The summed E-state index contributed by atoms with van der Waals surface area (Å²) in [6.45, 7) is 3.83. The van der Waals surface area contributed by atoms with Gasteiger partial charge in [-0.05, 0) is 24.7 Å². The summed E-state index contributed by atoms with van der Waals surface area (Å²) in [5, 5.41) is 0.961. The molecule has 0 N–H and O–H groups in total. The lowest BCUT2D eigenvalue weighted by molar-refractivity contribution is 0.375. The second kappa shape index (κ2) is 5.25. The third-order valence-corrected chi connectivity index (χ3v) is 5.38. The summed E-state index contributed by atoms with van der Waals surface area (Å²) in [4.78, 5) is 0. The predicted octanol–water partition coefficient (Wildman–Crippen LogP) is 4.26. The molecule has 2 aliphatic rings. The minimum absolute atomic E-state index is 0.961. The maximum Gasteiger partial charge on any atom is 0.0113 e. The Morgan fingerprint density at radius 2 is 1.86 bits per heavy atom. The van der Waals surface area contributed by atoms with E-state index < -0.39 is 0 Å². The van der Waals surface area contributed by atoms with Crippen molar-refractivity contribution in [3.05, 3.63) is 12.7 Å². The maximum absolute atomic E-state index is 3.83. The summed E-state index contributed by atoms with van der Waals surface area (Å²) >= 11 is 2.17. The van der Waals surface area contributed by atoms with Crippen LogP contribution in [0, 0.1) is 11.8 Å². The molecule has 2 rings (SSSR count). The van der Waals surface area contributed by atoms with Gasteiger partial charge in [0.05, 0.1) is 0 Å². The monoisotopic (exact) mass is 210 g/mol. The van der Waals surface area contributed by atoms with E-state index in [1.807, 2.05) is 0 Å². The Kier molecular flexibility index (Phi) is 3.98. The number of hydrogen-bond acceptors (Lipinski definition) is 1. The van der Waals surface area contributed by atoms with E-state index in [-0.39, 0.29) is 0 Å². The standard InChI is InChI=1S/C13H22S/c1-2-10-14-13-9-4-3-6-11-7-5-8-12(11)13/h2,11-13H,1,3-10H2. The number of rotatable bonds is 3. The molecule has 80 valence electrons. The van der Waals surface area contributed by atoms with E-state index in [9.17, 15) is 0 Å². The summed E-state index contributed by atoms with van der Waals surface area (Å²) in [7, 11) is 0. The second-order valence-corrected chi connectivity index (χ2v) is 6.07. The largest absolute Gasteiger partial charge is 0.154 e. The first kappa shape index (κ1) is 10.6. The van der Waals surface area contributed by atoms with Crippen molar-refractivity contribution in [1.82, 2.24) is 0 Å². The molecule has 0 saturated heterocycles. The molecule has 0 bridgehead atoms. The van der Waals surface area contributed by atoms with Crippen molar-refractivity contribution in [3.8, 4) is 0 Å². The Balaban J connectivity index is 1.94. The van der Waals surface area contributed by atoms with Gasteiger partial charge in [-0.1, -0.05) is 38.2 Å². The SMILES string of the molecule is C=CCSC1CCCCC2CCCC21. The first-order chi connectivity index (χ1) is 6.92. The molecular formula is C13H22S.